The van der Waals surface area contributed by atoms with E-state index in [0.717, 1.165) is 25.3 Å². The monoisotopic (exact) mass is 445 g/mol. The first-order valence-electron chi connectivity index (χ1n) is 10.2. The first-order chi connectivity index (χ1) is 15.2. The summed E-state index contributed by atoms with van der Waals surface area (Å²) in [6.45, 7) is 2.21. The van der Waals surface area contributed by atoms with Gasteiger partial charge in [0, 0.05) is 56.0 Å². The molecule has 0 aliphatic carbocycles. The number of nitrogens with one attached hydrogen (secondary N) is 1. The number of carbonyl (C=O) groups excluding carboxylic acids is 1. The van der Waals surface area contributed by atoms with Gasteiger partial charge >= 0.3 is 12.0 Å². The van der Waals surface area contributed by atoms with Crippen molar-refractivity contribution in [2.45, 2.75) is 25.3 Å². The molecule has 3 aromatic heterocycles. The molecule has 1 N–H and O–H groups in total. The summed E-state index contributed by atoms with van der Waals surface area (Å²) in [4.78, 5) is 28.2. The van der Waals surface area contributed by atoms with E-state index in [9.17, 15) is 13.6 Å². The number of carbonyl (C=O) groups is 1. The first kappa shape index (κ1) is 21.9. The minimum atomic E-state index is -3.20. The van der Waals surface area contributed by atoms with Crippen LogP contribution in [0, 0.1) is 0 Å². The fraction of sp³-hybridized carbons (Fsp3) is 0.429. The Kier molecular flexibility index (Phi) is 5.68. The molecule has 1 unspecified atom stereocenters. The molecule has 4 heterocycles. The zero-order chi connectivity index (χ0) is 23.0. The Balaban J connectivity index is 1.78. The highest BCUT2D eigenvalue weighted by Gasteiger charge is 2.32. The number of amides is 1. The van der Waals surface area contributed by atoms with E-state index in [1.54, 1.807) is 35.2 Å². The molecule has 1 aliphatic heterocycles. The van der Waals surface area contributed by atoms with Crippen LogP contribution in [-0.4, -0.2) is 70.8 Å². The van der Waals surface area contributed by atoms with Gasteiger partial charge in [0.15, 0.2) is 0 Å². The van der Waals surface area contributed by atoms with Crippen molar-refractivity contribution in [1.29, 1.82) is 0 Å². The van der Waals surface area contributed by atoms with Gasteiger partial charge in [-0.05, 0) is 26.6 Å². The van der Waals surface area contributed by atoms with Crippen molar-refractivity contribution in [3.05, 3.63) is 36.4 Å². The highest BCUT2D eigenvalue weighted by Crippen LogP contribution is 2.30. The summed E-state index contributed by atoms with van der Waals surface area (Å²) < 4.78 is 34.8. The van der Waals surface area contributed by atoms with Crippen LogP contribution in [0.4, 0.5) is 25.2 Å². The van der Waals surface area contributed by atoms with E-state index in [0.29, 0.717) is 29.7 Å². The molecular formula is C21H25F2N7O2. The molecule has 4 rings (SSSR count). The number of ether oxygens (including phenoxy) is 1. The van der Waals surface area contributed by atoms with Crippen LogP contribution in [0.15, 0.2) is 30.6 Å². The molecule has 32 heavy (non-hydrogen) atoms. The average molecular weight is 445 g/mol. The second kappa shape index (κ2) is 8.30. The van der Waals surface area contributed by atoms with Gasteiger partial charge in [-0.1, -0.05) is 0 Å². The van der Waals surface area contributed by atoms with Gasteiger partial charge in [0.25, 0.3) is 0 Å². The Bertz CT molecular complexity index is 1140. The SMILES string of the molecule is COC(=O)Nc1cc2c(ccn2-c2cc(N3CCC(N(C)C)C3)nc(C(C)(F)F)n2)cn1. The molecule has 1 saturated heterocycles. The van der Waals surface area contributed by atoms with Crippen LogP contribution in [-0.2, 0) is 10.7 Å². The van der Waals surface area contributed by atoms with Gasteiger partial charge in [-0.3, -0.25) is 5.32 Å². The molecular weight excluding hydrogens is 420 g/mol. The Morgan fingerprint density at radius 2 is 2.03 bits per heavy atom. The third-order valence-electron chi connectivity index (χ3n) is 5.55. The van der Waals surface area contributed by atoms with E-state index in [1.807, 2.05) is 19.0 Å². The lowest BCUT2D eigenvalue weighted by molar-refractivity contribution is 0.00775. The number of alkyl halides is 2. The highest BCUT2D eigenvalue weighted by molar-refractivity contribution is 5.88. The summed E-state index contributed by atoms with van der Waals surface area (Å²) in [5.74, 6) is -2.70. The van der Waals surface area contributed by atoms with Gasteiger partial charge < -0.3 is 19.1 Å². The second-order valence-corrected chi connectivity index (χ2v) is 8.08. The Labute approximate surface area is 184 Å². The topological polar surface area (TPSA) is 88.4 Å². The molecule has 0 saturated carbocycles. The van der Waals surface area contributed by atoms with Crippen molar-refractivity contribution >= 4 is 28.6 Å². The van der Waals surface area contributed by atoms with Crippen molar-refractivity contribution in [1.82, 2.24) is 24.4 Å². The van der Waals surface area contributed by atoms with E-state index >= 15 is 0 Å². The number of aromatic nitrogens is 4. The number of halogens is 2. The number of methoxy groups -OCH3 is 1. The predicted molar refractivity (Wildman–Crippen MR) is 117 cm³/mol. The molecule has 0 spiro atoms. The number of fused-ring (bicyclic) bond motifs is 1. The highest BCUT2D eigenvalue weighted by atomic mass is 19.3. The largest absolute Gasteiger partial charge is 0.453 e. The van der Waals surface area contributed by atoms with Crippen LogP contribution < -0.4 is 10.2 Å². The third-order valence-corrected chi connectivity index (χ3v) is 5.55. The maximum Gasteiger partial charge on any atom is 0.412 e. The Morgan fingerprint density at radius 1 is 1.28 bits per heavy atom. The smallest absolute Gasteiger partial charge is 0.412 e. The van der Waals surface area contributed by atoms with Crippen LogP contribution in [0.25, 0.3) is 16.7 Å². The average Bonchev–Trinajstić information content (AvgIpc) is 3.40. The van der Waals surface area contributed by atoms with E-state index in [1.165, 1.54) is 7.11 Å². The molecule has 11 heteroatoms. The van der Waals surface area contributed by atoms with Crippen molar-refractivity contribution in [2.75, 3.05) is 44.5 Å². The summed E-state index contributed by atoms with van der Waals surface area (Å²) in [6, 6.07) is 5.47. The Morgan fingerprint density at radius 3 is 2.69 bits per heavy atom. The molecule has 1 amide bonds. The van der Waals surface area contributed by atoms with E-state index in [4.69, 9.17) is 0 Å². The number of hydrogen-bond donors (Lipinski definition) is 1. The van der Waals surface area contributed by atoms with E-state index in [-0.39, 0.29) is 5.82 Å². The number of nitrogens with zero attached hydrogens (tertiary/aromatic N) is 6. The summed E-state index contributed by atoms with van der Waals surface area (Å²) in [6.07, 6.45) is 3.57. The van der Waals surface area contributed by atoms with Gasteiger partial charge in [0.2, 0.25) is 5.82 Å². The van der Waals surface area contributed by atoms with Crippen molar-refractivity contribution in [3.63, 3.8) is 0 Å². The second-order valence-electron chi connectivity index (χ2n) is 8.08. The molecule has 1 atom stereocenters. The standard InChI is InChI=1S/C21H25F2N7O2/c1-21(22,23)19-26-17(29-7-6-14(12-29)28(2)3)10-18(27-19)30-8-5-13-11-24-16(9-15(13)30)25-20(31)32-4/h5,8-11,14H,6-7,12H2,1-4H3,(H,24,25,31). The number of likely N-dealkylation sites (N-methyl/N-ethyl adjacent to an activating group) is 1. The molecule has 0 aromatic carbocycles. The fourth-order valence-corrected chi connectivity index (χ4v) is 3.73. The quantitative estimate of drug-likeness (QED) is 0.645. The number of hydrogen-bond acceptors (Lipinski definition) is 7. The lowest BCUT2D eigenvalue weighted by Gasteiger charge is -2.22. The maximum atomic E-state index is 14.3. The Hall–Kier alpha value is -3.34. The van der Waals surface area contributed by atoms with Crippen molar-refractivity contribution in [2.24, 2.45) is 0 Å². The van der Waals surface area contributed by atoms with Gasteiger partial charge in [-0.25, -0.2) is 19.7 Å². The molecule has 170 valence electrons. The van der Waals surface area contributed by atoms with Crippen LogP contribution >= 0.6 is 0 Å². The lowest BCUT2D eigenvalue weighted by Crippen LogP contribution is -2.32. The summed E-state index contributed by atoms with van der Waals surface area (Å²) >= 11 is 0. The van der Waals surface area contributed by atoms with E-state index < -0.39 is 17.8 Å². The van der Waals surface area contributed by atoms with Crippen LogP contribution in [0.1, 0.15) is 19.2 Å². The fourth-order valence-electron chi connectivity index (χ4n) is 3.73. The summed E-state index contributed by atoms with van der Waals surface area (Å²) in [7, 11) is 5.26. The normalized spacial score (nSPS) is 16.7. The van der Waals surface area contributed by atoms with Gasteiger partial charge in [-0.15, -0.1) is 0 Å². The minimum Gasteiger partial charge on any atom is -0.453 e. The summed E-state index contributed by atoms with van der Waals surface area (Å²) in [5, 5.41) is 3.27. The van der Waals surface area contributed by atoms with Crippen LogP contribution in [0.3, 0.4) is 0 Å². The number of pyridine rings is 1. The number of rotatable bonds is 5. The van der Waals surface area contributed by atoms with Crippen molar-refractivity contribution in [3.8, 4) is 5.82 Å². The minimum absolute atomic E-state index is 0.271. The zero-order valence-corrected chi connectivity index (χ0v) is 18.3. The molecule has 0 radical (unpaired) electrons. The maximum absolute atomic E-state index is 14.3. The summed E-state index contributed by atoms with van der Waals surface area (Å²) in [5.41, 5.74) is 0.647. The third kappa shape index (κ3) is 4.33. The zero-order valence-electron chi connectivity index (χ0n) is 18.3. The first-order valence-corrected chi connectivity index (χ1v) is 10.2. The van der Waals surface area contributed by atoms with Crippen LogP contribution in [0.2, 0.25) is 0 Å². The number of anilines is 2. The lowest BCUT2D eigenvalue weighted by atomic mass is 10.2. The van der Waals surface area contributed by atoms with Crippen molar-refractivity contribution < 1.29 is 18.3 Å². The molecule has 1 aliphatic rings. The van der Waals surface area contributed by atoms with E-state index in [2.05, 4.69) is 29.9 Å². The molecule has 3 aromatic rings. The van der Waals surface area contributed by atoms with Crippen LogP contribution in [0.5, 0.6) is 0 Å². The molecule has 9 nitrogen and oxygen atoms in total. The van der Waals surface area contributed by atoms with Gasteiger partial charge in [-0.2, -0.15) is 8.78 Å². The van der Waals surface area contributed by atoms with Gasteiger partial charge in [0.05, 0.1) is 12.6 Å². The molecule has 1 fully saturated rings. The molecule has 0 bridgehead atoms. The predicted octanol–water partition coefficient (Wildman–Crippen LogP) is 3.25. The van der Waals surface area contributed by atoms with Gasteiger partial charge in [0.1, 0.15) is 17.5 Å².